The van der Waals surface area contributed by atoms with Crippen molar-refractivity contribution in [2.24, 2.45) is 0 Å². The minimum Gasteiger partial charge on any atom is -0.486 e. The quantitative estimate of drug-likeness (QED) is 0.429. The second-order valence-corrected chi connectivity index (χ2v) is 5.69. The molecule has 0 aliphatic rings. The zero-order valence-corrected chi connectivity index (χ0v) is 13.9. The number of allylic oxidation sites excluding steroid dienone is 1. The van der Waals surface area contributed by atoms with E-state index in [2.05, 4.69) is 0 Å². The molecule has 0 atom stereocenters. The highest BCUT2D eigenvalue weighted by molar-refractivity contribution is 6.30. The van der Waals surface area contributed by atoms with Crippen LogP contribution in [0.2, 0.25) is 5.02 Å². The van der Waals surface area contributed by atoms with Gasteiger partial charge in [-0.3, -0.25) is 4.79 Å². The molecule has 1 aromatic heterocycles. The standard InChI is InChI=1S/C20H14ClFO3/c21-15-3-7-17(8-4-15)24-13-19-10-9-18(25-19)11-12-20(23)14-1-5-16(22)6-2-14/h1-12H,13H2/b12-11+. The minimum absolute atomic E-state index is 0.227. The van der Waals surface area contributed by atoms with Crippen LogP contribution in [0.5, 0.6) is 5.75 Å². The first-order chi connectivity index (χ1) is 12.1. The summed E-state index contributed by atoms with van der Waals surface area (Å²) in [5.41, 5.74) is 0.413. The van der Waals surface area contributed by atoms with Gasteiger partial charge in [-0.25, -0.2) is 4.39 Å². The Morgan fingerprint density at radius 2 is 1.76 bits per heavy atom. The van der Waals surface area contributed by atoms with E-state index in [-0.39, 0.29) is 18.2 Å². The van der Waals surface area contributed by atoms with E-state index in [1.165, 1.54) is 30.3 Å². The monoisotopic (exact) mass is 356 g/mol. The molecule has 1 heterocycles. The summed E-state index contributed by atoms with van der Waals surface area (Å²) in [6, 6.07) is 15.9. The fourth-order valence-electron chi connectivity index (χ4n) is 2.12. The number of halogens is 2. The van der Waals surface area contributed by atoms with Gasteiger partial charge >= 0.3 is 0 Å². The van der Waals surface area contributed by atoms with E-state index in [9.17, 15) is 9.18 Å². The lowest BCUT2D eigenvalue weighted by Crippen LogP contribution is -1.94. The lowest BCUT2D eigenvalue weighted by Gasteiger charge is -2.03. The van der Waals surface area contributed by atoms with Crippen molar-refractivity contribution in [1.29, 1.82) is 0 Å². The minimum atomic E-state index is -0.378. The highest BCUT2D eigenvalue weighted by Crippen LogP contribution is 2.18. The normalized spacial score (nSPS) is 11.0. The number of ketones is 1. The highest BCUT2D eigenvalue weighted by Gasteiger charge is 2.04. The Bertz CT molecular complexity index is 880. The van der Waals surface area contributed by atoms with Crippen LogP contribution in [-0.4, -0.2) is 5.78 Å². The molecule has 25 heavy (non-hydrogen) atoms. The van der Waals surface area contributed by atoms with E-state index in [4.69, 9.17) is 20.8 Å². The highest BCUT2D eigenvalue weighted by atomic mass is 35.5. The van der Waals surface area contributed by atoms with Crippen LogP contribution in [0.3, 0.4) is 0 Å². The number of hydrogen-bond acceptors (Lipinski definition) is 3. The van der Waals surface area contributed by atoms with Gasteiger partial charge in [-0.05, 0) is 72.8 Å². The Morgan fingerprint density at radius 1 is 1.04 bits per heavy atom. The Morgan fingerprint density at radius 3 is 2.48 bits per heavy atom. The molecule has 0 fully saturated rings. The van der Waals surface area contributed by atoms with Crippen molar-refractivity contribution < 1.29 is 18.3 Å². The van der Waals surface area contributed by atoms with Crippen molar-refractivity contribution in [2.75, 3.05) is 0 Å². The lowest BCUT2D eigenvalue weighted by atomic mass is 10.1. The molecule has 0 amide bonds. The fraction of sp³-hybridized carbons (Fsp3) is 0.0500. The third-order valence-electron chi connectivity index (χ3n) is 3.40. The molecule has 0 spiro atoms. The first kappa shape index (κ1) is 17.0. The molecule has 0 saturated heterocycles. The Labute approximate surface area is 149 Å². The SMILES string of the molecule is O=C(/C=C/c1ccc(COc2ccc(Cl)cc2)o1)c1ccc(F)cc1. The van der Waals surface area contributed by atoms with Crippen LogP contribution in [0.1, 0.15) is 21.9 Å². The molecule has 0 radical (unpaired) electrons. The van der Waals surface area contributed by atoms with Crippen LogP contribution in [0.25, 0.3) is 6.08 Å². The summed E-state index contributed by atoms with van der Waals surface area (Å²) in [5, 5.41) is 0.642. The van der Waals surface area contributed by atoms with Crippen molar-refractivity contribution in [2.45, 2.75) is 6.61 Å². The number of carbonyl (C=O) groups excluding carboxylic acids is 1. The van der Waals surface area contributed by atoms with Gasteiger partial charge in [-0.1, -0.05) is 11.6 Å². The van der Waals surface area contributed by atoms with Gasteiger partial charge in [0.25, 0.3) is 0 Å². The van der Waals surface area contributed by atoms with Crippen LogP contribution in [0, 0.1) is 5.82 Å². The van der Waals surface area contributed by atoms with Crippen molar-refractivity contribution >= 4 is 23.5 Å². The van der Waals surface area contributed by atoms with Crippen LogP contribution in [0.15, 0.2) is 71.2 Å². The number of hydrogen-bond donors (Lipinski definition) is 0. The fourth-order valence-corrected chi connectivity index (χ4v) is 2.24. The average Bonchev–Trinajstić information content (AvgIpc) is 3.08. The van der Waals surface area contributed by atoms with Crippen molar-refractivity contribution in [1.82, 2.24) is 0 Å². The lowest BCUT2D eigenvalue weighted by molar-refractivity contribution is 0.104. The first-order valence-electron chi connectivity index (χ1n) is 7.55. The van der Waals surface area contributed by atoms with Crippen LogP contribution >= 0.6 is 11.6 Å². The molecular weight excluding hydrogens is 343 g/mol. The molecule has 0 bridgehead atoms. The molecule has 5 heteroatoms. The largest absolute Gasteiger partial charge is 0.486 e. The second-order valence-electron chi connectivity index (χ2n) is 5.25. The maximum Gasteiger partial charge on any atom is 0.185 e. The summed E-state index contributed by atoms with van der Waals surface area (Å²) in [7, 11) is 0. The third kappa shape index (κ3) is 4.81. The van der Waals surface area contributed by atoms with E-state index >= 15 is 0 Å². The molecule has 3 aromatic rings. The topological polar surface area (TPSA) is 39.4 Å². The van der Waals surface area contributed by atoms with Crippen LogP contribution < -0.4 is 4.74 Å². The molecule has 0 saturated carbocycles. The van der Waals surface area contributed by atoms with E-state index in [0.29, 0.717) is 27.9 Å². The average molecular weight is 357 g/mol. The van der Waals surface area contributed by atoms with Gasteiger partial charge in [0.15, 0.2) is 5.78 Å². The first-order valence-corrected chi connectivity index (χ1v) is 7.93. The zero-order chi connectivity index (χ0) is 17.6. The maximum absolute atomic E-state index is 12.9. The van der Waals surface area contributed by atoms with Gasteiger partial charge in [0.2, 0.25) is 0 Å². The van der Waals surface area contributed by atoms with E-state index in [0.717, 1.165) is 0 Å². The summed E-state index contributed by atoms with van der Waals surface area (Å²) in [6.45, 7) is 0.265. The molecule has 3 rings (SSSR count). The van der Waals surface area contributed by atoms with Crippen molar-refractivity contribution in [3.05, 3.63) is 94.7 Å². The molecule has 0 unspecified atom stereocenters. The summed E-state index contributed by atoms with van der Waals surface area (Å²) < 4.78 is 24.0. The molecule has 0 N–H and O–H groups in total. The van der Waals surface area contributed by atoms with Gasteiger partial charge in [0.05, 0.1) is 0 Å². The van der Waals surface area contributed by atoms with Crippen LogP contribution in [0.4, 0.5) is 4.39 Å². The van der Waals surface area contributed by atoms with Gasteiger partial charge in [0.1, 0.15) is 29.7 Å². The molecule has 3 nitrogen and oxygen atoms in total. The summed E-state index contributed by atoms with van der Waals surface area (Å²) >= 11 is 5.82. The van der Waals surface area contributed by atoms with E-state index in [1.54, 1.807) is 42.5 Å². The predicted molar refractivity (Wildman–Crippen MR) is 94.3 cm³/mol. The van der Waals surface area contributed by atoms with E-state index in [1.807, 2.05) is 0 Å². The van der Waals surface area contributed by atoms with Crippen molar-refractivity contribution in [3.8, 4) is 5.75 Å². The Balaban J connectivity index is 1.58. The van der Waals surface area contributed by atoms with Gasteiger partial charge < -0.3 is 9.15 Å². The smallest absolute Gasteiger partial charge is 0.185 e. The van der Waals surface area contributed by atoms with Gasteiger partial charge in [0, 0.05) is 10.6 Å². The van der Waals surface area contributed by atoms with E-state index < -0.39 is 0 Å². The zero-order valence-electron chi connectivity index (χ0n) is 13.1. The summed E-state index contributed by atoms with van der Waals surface area (Å²) in [4.78, 5) is 12.0. The number of furan rings is 1. The summed E-state index contributed by atoms with van der Waals surface area (Å²) in [6.07, 6.45) is 2.95. The summed E-state index contributed by atoms with van der Waals surface area (Å²) in [5.74, 6) is 1.24. The third-order valence-corrected chi connectivity index (χ3v) is 3.66. The Hall–Kier alpha value is -2.85. The molecular formula is C20H14ClFO3. The molecule has 0 aliphatic carbocycles. The number of ether oxygens (including phenoxy) is 1. The number of benzene rings is 2. The van der Waals surface area contributed by atoms with Crippen molar-refractivity contribution in [3.63, 3.8) is 0 Å². The predicted octanol–water partition coefficient (Wildman–Crippen LogP) is 5.55. The molecule has 2 aromatic carbocycles. The van der Waals surface area contributed by atoms with Gasteiger partial charge in [-0.15, -0.1) is 0 Å². The molecule has 0 aliphatic heterocycles. The number of rotatable bonds is 6. The second kappa shape index (κ2) is 7.81. The van der Waals surface area contributed by atoms with Crippen LogP contribution in [-0.2, 0) is 6.61 Å². The van der Waals surface area contributed by atoms with Gasteiger partial charge in [-0.2, -0.15) is 0 Å². The molecule has 126 valence electrons. The Kier molecular flexibility index (Phi) is 5.31. The maximum atomic E-state index is 12.9. The number of carbonyl (C=O) groups is 1.